The summed E-state index contributed by atoms with van der Waals surface area (Å²) in [6.45, 7) is 0. The molecule has 1 amide bonds. The van der Waals surface area contributed by atoms with Gasteiger partial charge in [0.15, 0.2) is 0 Å². The highest BCUT2D eigenvalue weighted by Crippen LogP contribution is 2.31. The zero-order valence-electron chi connectivity index (χ0n) is 8.31. The first-order chi connectivity index (χ1) is 7.84. The highest BCUT2D eigenvalue weighted by Gasteiger charge is 2.24. The van der Waals surface area contributed by atoms with Gasteiger partial charge in [-0.3, -0.25) is 4.79 Å². The van der Waals surface area contributed by atoms with Crippen LogP contribution in [0.1, 0.15) is 10.4 Å². The first kappa shape index (κ1) is 9.30. The predicted molar refractivity (Wildman–Crippen MR) is 65.1 cm³/mol. The van der Waals surface area contributed by atoms with E-state index in [9.17, 15) is 4.79 Å². The summed E-state index contributed by atoms with van der Waals surface area (Å²) in [5.74, 6) is 0.567. The molecule has 0 saturated carbocycles. The van der Waals surface area contributed by atoms with Crippen molar-refractivity contribution in [3.05, 3.63) is 46.3 Å². The number of amides is 1. The minimum absolute atomic E-state index is 0.0814. The van der Waals surface area contributed by atoms with Crippen LogP contribution < -0.4 is 5.32 Å². The van der Waals surface area contributed by atoms with Crippen LogP contribution in [0.25, 0.3) is 11.6 Å². The largest absolute Gasteiger partial charge is 0.306 e. The van der Waals surface area contributed by atoms with Crippen LogP contribution >= 0.6 is 11.3 Å². The number of nitrogens with one attached hydrogen (secondary N) is 1. The second-order valence-corrected chi connectivity index (χ2v) is 4.41. The number of rotatable bonds is 1. The number of aromatic nitrogens is 1. The summed E-state index contributed by atoms with van der Waals surface area (Å²) < 4.78 is 0. The van der Waals surface area contributed by atoms with E-state index in [1.54, 1.807) is 17.5 Å². The van der Waals surface area contributed by atoms with E-state index in [1.807, 2.05) is 35.7 Å². The summed E-state index contributed by atoms with van der Waals surface area (Å²) in [4.78, 5) is 16.9. The first-order valence-electron chi connectivity index (χ1n) is 4.86. The van der Waals surface area contributed by atoms with Crippen molar-refractivity contribution < 1.29 is 4.79 Å². The molecule has 0 radical (unpaired) electrons. The number of carbonyl (C=O) groups excluding carboxylic acids is 1. The SMILES string of the molecule is O=C1Nc2ncccc2/C1=C/c1cccs1. The molecule has 3 nitrogen and oxygen atoms in total. The van der Waals surface area contributed by atoms with Crippen molar-refractivity contribution in [1.82, 2.24) is 4.98 Å². The number of thiophene rings is 1. The van der Waals surface area contributed by atoms with Crippen molar-refractivity contribution in [2.75, 3.05) is 5.32 Å². The van der Waals surface area contributed by atoms with Crippen molar-refractivity contribution in [3.8, 4) is 0 Å². The summed E-state index contributed by atoms with van der Waals surface area (Å²) >= 11 is 1.61. The van der Waals surface area contributed by atoms with E-state index in [0.717, 1.165) is 10.4 Å². The Morgan fingerprint density at radius 3 is 3.06 bits per heavy atom. The van der Waals surface area contributed by atoms with Gasteiger partial charge in [0.1, 0.15) is 5.82 Å². The van der Waals surface area contributed by atoms with Crippen LogP contribution in [0, 0.1) is 0 Å². The normalized spacial score (nSPS) is 16.2. The quantitative estimate of drug-likeness (QED) is 0.762. The molecule has 0 bridgehead atoms. The van der Waals surface area contributed by atoms with Gasteiger partial charge in [-0.05, 0) is 29.7 Å². The fourth-order valence-corrected chi connectivity index (χ4v) is 2.34. The Labute approximate surface area is 96.5 Å². The lowest BCUT2D eigenvalue weighted by molar-refractivity contribution is -0.110. The predicted octanol–water partition coefficient (Wildman–Crippen LogP) is 2.64. The average Bonchev–Trinajstić information content (AvgIpc) is 2.89. The molecule has 4 heteroatoms. The van der Waals surface area contributed by atoms with Gasteiger partial charge in [-0.15, -0.1) is 11.3 Å². The molecule has 1 aliphatic rings. The molecule has 0 aliphatic carbocycles. The van der Waals surface area contributed by atoms with Crippen LogP contribution in [0.5, 0.6) is 0 Å². The summed E-state index contributed by atoms with van der Waals surface area (Å²) in [5, 5.41) is 4.74. The number of anilines is 1. The zero-order valence-corrected chi connectivity index (χ0v) is 9.12. The standard InChI is InChI=1S/C12H8N2OS/c15-12-10(7-8-3-2-6-16-8)9-4-1-5-13-11(9)14-12/h1-7H,(H,13,14,15)/b10-7-. The molecule has 0 unspecified atom stereocenters. The second kappa shape index (κ2) is 3.57. The molecule has 0 saturated heterocycles. The van der Waals surface area contributed by atoms with Crippen molar-refractivity contribution in [2.45, 2.75) is 0 Å². The molecule has 0 spiro atoms. The second-order valence-electron chi connectivity index (χ2n) is 3.43. The smallest absolute Gasteiger partial charge is 0.257 e. The molecular formula is C12H8N2OS. The van der Waals surface area contributed by atoms with Gasteiger partial charge < -0.3 is 5.32 Å². The summed E-state index contributed by atoms with van der Waals surface area (Å²) in [6, 6.07) is 7.69. The molecule has 3 heterocycles. The summed E-state index contributed by atoms with van der Waals surface area (Å²) in [7, 11) is 0. The van der Waals surface area contributed by atoms with Crippen LogP contribution in [0.15, 0.2) is 35.8 Å². The molecule has 78 valence electrons. The van der Waals surface area contributed by atoms with E-state index in [0.29, 0.717) is 11.4 Å². The Morgan fingerprint density at radius 1 is 1.31 bits per heavy atom. The van der Waals surface area contributed by atoms with Crippen molar-refractivity contribution >= 4 is 34.7 Å². The highest BCUT2D eigenvalue weighted by atomic mass is 32.1. The van der Waals surface area contributed by atoms with Gasteiger partial charge >= 0.3 is 0 Å². The average molecular weight is 228 g/mol. The van der Waals surface area contributed by atoms with Crippen LogP contribution in [-0.2, 0) is 4.79 Å². The van der Waals surface area contributed by atoms with E-state index in [1.165, 1.54) is 0 Å². The number of carbonyl (C=O) groups is 1. The van der Waals surface area contributed by atoms with Crippen molar-refractivity contribution in [1.29, 1.82) is 0 Å². The maximum absolute atomic E-state index is 11.7. The molecule has 2 aromatic rings. The van der Waals surface area contributed by atoms with Crippen molar-refractivity contribution in [3.63, 3.8) is 0 Å². The fraction of sp³-hybridized carbons (Fsp3) is 0. The lowest BCUT2D eigenvalue weighted by Crippen LogP contribution is -2.03. The maximum Gasteiger partial charge on any atom is 0.257 e. The summed E-state index contributed by atoms with van der Waals surface area (Å²) in [6.07, 6.45) is 3.57. The Balaban J connectivity index is 2.12. The fourth-order valence-electron chi connectivity index (χ4n) is 1.68. The molecule has 3 rings (SSSR count). The molecular weight excluding hydrogens is 220 g/mol. The van der Waals surface area contributed by atoms with Crippen LogP contribution in [0.4, 0.5) is 5.82 Å². The van der Waals surface area contributed by atoms with Crippen LogP contribution in [0.2, 0.25) is 0 Å². The lowest BCUT2D eigenvalue weighted by atomic mass is 10.1. The van der Waals surface area contributed by atoms with Gasteiger partial charge in [0.2, 0.25) is 0 Å². The highest BCUT2D eigenvalue weighted by molar-refractivity contribution is 7.11. The zero-order chi connectivity index (χ0) is 11.0. The third kappa shape index (κ3) is 1.44. The van der Waals surface area contributed by atoms with E-state index >= 15 is 0 Å². The Kier molecular flexibility index (Phi) is 2.08. The van der Waals surface area contributed by atoms with E-state index in [-0.39, 0.29) is 5.91 Å². The van der Waals surface area contributed by atoms with Gasteiger partial charge in [0.25, 0.3) is 5.91 Å². The summed E-state index contributed by atoms with van der Waals surface area (Å²) in [5.41, 5.74) is 1.56. The Morgan fingerprint density at radius 2 is 2.25 bits per heavy atom. The van der Waals surface area contributed by atoms with Gasteiger partial charge in [-0.2, -0.15) is 0 Å². The topological polar surface area (TPSA) is 42.0 Å². The van der Waals surface area contributed by atoms with E-state index in [4.69, 9.17) is 0 Å². The van der Waals surface area contributed by atoms with Crippen molar-refractivity contribution in [2.24, 2.45) is 0 Å². The third-order valence-electron chi connectivity index (χ3n) is 2.40. The minimum Gasteiger partial charge on any atom is -0.306 e. The number of hydrogen-bond acceptors (Lipinski definition) is 3. The van der Waals surface area contributed by atoms with E-state index in [2.05, 4.69) is 10.3 Å². The van der Waals surface area contributed by atoms with E-state index < -0.39 is 0 Å². The Hall–Kier alpha value is -1.94. The van der Waals surface area contributed by atoms with Gasteiger partial charge in [0, 0.05) is 16.6 Å². The molecule has 0 aromatic carbocycles. The van der Waals surface area contributed by atoms with Gasteiger partial charge in [0.05, 0.1) is 5.57 Å². The molecule has 1 N–H and O–H groups in total. The number of hydrogen-bond donors (Lipinski definition) is 1. The monoisotopic (exact) mass is 228 g/mol. The number of nitrogens with zero attached hydrogens (tertiary/aromatic N) is 1. The molecule has 0 atom stereocenters. The molecule has 1 aliphatic heterocycles. The maximum atomic E-state index is 11.7. The van der Waals surface area contributed by atoms with Crippen LogP contribution in [-0.4, -0.2) is 10.9 Å². The Bertz CT molecular complexity index is 572. The van der Waals surface area contributed by atoms with Gasteiger partial charge in [-0.25, -0.2) is 4.98 Å². The molecule has 16 heavy (non-hydrogen) atoms. The third-order valence-corrected chi connectivity index (χ3v) is 3.22. The number of pyridine rings is 1. The first-order valence-corrected chi connectivity index (χ1v) is 5.74. The lowest BCUT2D eigenvalue weighted by Gasteiger charge is -1.94. The number of fused-ring (bicyclic) bond motifs is 1. The van der Waals surface area contributed by atoms with Crippen LogP contribution in [0.3, 0.4) is 0 Å². The minimum atomic E-state index is -0.0814. The van der Waals surface area contributed by atoms with Gasteiger partial charge in [-0.1, -0.05) is 6.07 Å². The molecule has 0 fully saturated rings. The molecule has 2 aromatic heterocycles.